The number of carbonyl (C=O) groups is 1. The number of aromatic nitrogens is 3. The summed E-state index contributed by atoms with van der Waals surface area (Å²) >= 11 is 0. The van der Waals surface area contributed by atoms with Crippen molar-refractivity contribution >= 4 is 11.8 Å². The summed E-state index contributed by atoms with van der Waals surface area (Å²) in [5.41, 5.74) is -1.97. The van der Waals surface area contributed by atoms with Crippen LogP contribution in [0.1, 0.15) is 28.0 Å². The number of aromatic carboxylic acids is 1. The molecule has 1 N–H and O–H groups in total. The molecule has 2 aromatic heterocycles. The number of nitrogens with zero attached hydrogens (tertiary/aromatic N) is 4. The third kappa shape index (κ3) is 3.75. The van der Waals surface area contributed by atoms with Gasteiger partial charge < -0.3 is 10.0 Å². The van der Waals surface area contributed by atoms with Gasteiger partial charge in [0.1, 0.15) is 11.4 Å². The fourth-order valence-corrected chi connectivity index (χ4v) is 2.68. The zero-order chi connectivity index (χ0) is 19.1. The lowest BCUT2D eigenvalue weighted by atomic mass is 10.2. The molecule has 0 unspecified atom stereocenters. The van der Waals surface area contributed by atoms with Crippen molar-refractivity contribution in [2.24, 2.45) is 0 Å². The van der Waals surface area contributed by atoms with Crippen LogP contribution in [0.4, 0.5) is 27.8 Å². The molecule has 1 fully saturated rings. The number of halogens is 5. The summed E-state index contributed by atoms with van der Waals surface area (Å²) < 4.78 is 65.8. The highest BCUT2D eigenvalue weighted by atomic mass is 19.4. The number of carboxylic acid groups (broad SMARTS) is 1. The molecular weight excluding hydrogens is 363 g/mol. The minimum Gasteiger partial charge on any atom is -0.478 e. The summed E-state index contributed by atoms with van der Waals surface area (Å²) in [7, 11) is 0. The van der Waals surface area contributed by atoms with Gasteiger partial charge in [0.2, 0.25) is 0 Å². The Balaban J connectivity index is 1.77. The fraction of sp³-hybridized carbons (Fsp3) is 0.400. The average Bonchev–Trinajstić information content (AvgIpc) is 3.11. The van der Waals surface area contributed by atoms with Gasteiger partial charge in [-0.3, -0.25) is 4.68 Å². The molecule has 0 bridgehead atoms. The zero-order valence-corrected chi connectivity index (χ0v) is 13.2. The van der Waals surface area contributed by atoms with Gasteiger partial charge in [0, 0.05) is 25.4 Å². The third-order valence-corrected chi connectivity index (χ3v) is 3.91. The molecule has 0 radical (unpaired) electrons. The summed E-state index contributed by atoms with van der Waals surface area (Å²) in [4.78, 5) is 16.4. The molecule has 0 atom stereocenters. The molecule has 140 valence electrons. The Morgan fingerprint density at radius 2 is 2.04 bits per heavy atom. The lowest BCUT2D eigenvalue weighted by molar-refractivity contribution is -0.142. The molecule has 1 saturated heterocycles. The summed E-state index contributed by atoms with van der Waals surface area (Å²) in [6, 6.07) is 3.01. The van der Waals surface area contributed by atoms with Crippen molar-refractivity contribution in [2.45, 2.75) is 25.1 Å². The standard InChI is InChI=1S/C15H13F5N4O2/c16-14(17)3-4-23(8-14)11-2-1-9(5-21-11)6-24-7-10(13(25)26)12(22-24)15(18,19)20/h1-2,5,7H,3-4,6,8H2,(H,25,26). The van der Waals surface area contributed by atoms with Crippen LogP contribution >= 0.6 is 0 Å². The maximum absolute atomic E-state index is 13.2. The van der Waals surface area contributed by atoms with E-state index in [1.807, 2.05) is 0 Å². The van der Waals surface area contributed by atoms with Crippen LogP contribution in [0.25, 0.3) is 0 Å². The summed E-state index contributed by atoms with van der Waals surface area (Å²) in [5.74, 6) is -4.16. The van der Waals surface area contributed by atoms with Crippen molar-refractivity contribution < 1.29 is 31.9 Å². The van der Waals surface area contributed by atoms with Gasteiger partial charge in [-0.25, -0.2) is 18.6 Å². The van der Waals surface area contributed by atoms with Crippen LogP contribution < -0.4 is 4.90 Å². The predicted molar refractivity (Wildman–Crippen MR) is 79.3 cm³/mol. The van der Waals surface area contributed by atoms with Gasteiger partial charge >= 0.3 is 12.1 Å². The van der Waals surface area contributed by atoms with Crippen LogP contribution in [0.5, 0.6) is 0 Å². The smallest absolute Gasteiger partial charge is 0.436 e. The van der Waals surface area contributed by atoms with Crippen molar-refractivity contribution in [3.05, 3.63) is 41.3 Å². The van der Waals surface area contributed by atoms with E-state index in [2.05, 4.69) is 10.1 Å². The van der Waals surface area contributed by atoms with Crippen LogP contribution in [0.2, 0.25) is 0 Å². The van der Waals surface area contributed by atoms with E-state index in [4.69, 9.17) is 5.11 Å². The number of hydrogen-bond donors (Lipinski definition) is 1. The van der Waals surface area contributed by atoms with Crippen LogP contribution in [-0.4, -0.2) is 44.9 Å². The normalized spacial score (nSPS) is 16.9. The molecule has 0 aromatic carbocycles. The molecule has 1 aliphatic rings. The second-order valence-electron chi connectivity index (χ2n) is 5.94. The van der Waals surface area contributed by atoms with E-state index in [0.717, 1.165) is 10.9 Å². The van der Waals surface area contributed by atoms with Crippen molar-refractivity contribution in [3.63, 3.8) is 0 Å². The lowest BCUT2D eigenvalue weighted by Gasteiger charge is -2.17. The SMILES string of the molecule is O=C(O)c1cn(Cc2ccc(N3CCC(F)(F)C3)nc2)nc1C(F)(F)F. The van der Waals surface area contributed by atoms with Crippen LogP contribution in [0.15, 0.2) is 24.5 Å². The first-order valence-electron chi connectivity index (χ1n) is 7.51. The van der Waals surface area contributed by atoms with Gasteiger partial charge in [-0.05, 0) is 11.6 Å². The second-order valence-corrected chi connectivity index (χ2v) is 5.94. The highest BCUT2D eigenvalue weighted by Gasteiger charge is 2.40. The zero-order valence-electron chi connectivity index (χ0n) is 13.2. The average molecular weight is 376 g/mol. The minimum absolute atomic E-state index is 0.139. The topological polar surface area (TPSA) is 71.2 Å². The second kappa shape index (κ2) is 6.22. The van der Waals surface area contributed by atoms with E-state index in [0.29, 0.717) is 11.4 Å². The molecule has 26 heavy (non-hydrogen) atoms. The van der Waals surface area contributed by atoms with Crippen molar-refractivity contribution in [2.75, 3.05) is 18.0 Å². The maximum Gasteiger partial charge on any atom is 0.436 e. The first-order chi connectivity index (χ1) is 12.0. The summed E-state index contributed by atoms with van der Waals surface area (Å²) in [6.07, 6.45) is -3.02. The van der Waals surface area contributed by atoms with E-state index in [9.17, 15) is 26.7 Å². The molecule has 0 spiro atoms. The maximum atomic E-state index is 13.2. The highest BCUT2D eigenvalue weighted by Crippen LogP contribution is 2.31. The van der Waals surface area contributed by atoms with Gasteiger partial charge in [0.05, 0.1) is 13.1 Å². The van der Waals surface area contributed by atoms with Gasteiger partial charge in [0.15, 0.2) is 5.69 Å². The van der Waals surface area contributed by atoms with Gasteiger partial charge in [-0.2, -0.15) is 18.3 Å². The Morgan fingerprint density at radius 3 is 2.50 bits per heavy atom. The largest absolute Gasteiger partial charge is 0.478 e. The molecule has 3 heterocycles. The van der Waals surface area contributed by atoms with E-state index < -0.39 is 35.9 Å². The predicted octanol–water partition coefficient (Wildman–Crippen LogP) is 2.89. The Kier molecular flexibility index (Phi) is 4.32. The first kappa shape index (κ1) is 18.1. The Bertz CT molecular complexity index is 816. The van der Waals surface area contributed by atoms with E-state index in [1.165, 1.54) is 23.2 Å². The van der Waals surface area contributed by atoms with Crippen molar-refractivity contribution in [1.29, 1.82) is 0 Å². The Labute approximate surface area is 143 Å². The van der Waals surface area contributed by atoms with Gasteiger partial charge in [-0.1, -0.05) is 6.07 Å². The number of rotatable bonds is 4. The molecule has 0 amide bonds. The number of anilines is 1. The Morgan fingerprint density at radius 1 is 1.31 bits per heavy atom. The molecule has 3 rings (SSSR count). The Hall–Kier alpha value is -2.72. The molecule has 0 saturated carbocycles. The van der Waals surface area contributed by atoms with Crippen molar-refractivity contribution in [3.8, 4) is 0 Å². The number of pyridine rings is 1. The first-order valence-corrected chi connectivity index (χ1v) is 7.51. The number of hydrogen-bond acceptors (Lipinski definition) is 4. The summed E-state index contributed by atoms with van der Waals surface area (Å²) in [5, 5.41) is 12.2. The van der Waals surface area contributed by atoms with E-state index >= 15 is 0 Å². The van der Waals surface area contributed by atoms with Gasteiger partial charge in [-0.15, -0.1) is 0 Å². The fourth-order valence-electron chi connectivity index (χ4n) is 2.68. The van der Waals surface area contributed by atoms with Crippen LogP contribution in [0.3, 0.4) is 0 Å². The molecule has 1 aliphatic heterocycles. The quantitative estimate of drug-likeness (QED) is 0.831. The van der Waals surface area contributed by atoms with Gasteiger partial charge in [0.25, 0.3) is 5.92 Å². The molecule has 6 nitrogen and oxygen atoms in total. The molecule has 2 aromatic rings. The highest BCUT2D eigenvalue weighted by molar-refractivity contribution is 5.88. The van der Waals surface area contributed by atoms with Crippen molar-refractivity contribution in [1.82, 2.24) is 14.8 Å². The number of carboxylic acids is 1. The lowest BCUT2D eigenvalue weighted by Crippen LogP contribution is -2.25. The molecular formula is C15H13F5N4O2. The summed E-state index contributed by atoms with van der Waals surface area (Å²) in [6.45, 7) is -0.412. The third-order valence-electron chi connectivity index (χ3n) is 3.91. The van der Waals surface area contributed by atoms with E-state index in [-0.39, 0.29) is 19.5 Å². The van der Waals surface area contributed by atoms with E-state index in [1.54, 1.807) is 0 Å². The molecule has 0 aliphatic carbocycles. The van der Waals surface area contributed by atoms with Crippen LogP contribution in [0, 0.1) is 0 Å². The van der Waals surface area contributed by atoms with Crippen LogP contribution in [-0.2, 0) is 12.7 Å². The number of alkyl halides is 5. The molecule has 11 heteroatoms. The minimum atomic E-state index is -4.89. The monoisotopic (exact) mass is 376 g/mol.